The average Bonchev–Trinajstić information content (AvgIpc) is 2.71. The first-order chi connectivity index (χ1) is 11.3. The first-order valence-electron chi connectivity index (χ1n) is 8.42. The van der Waals surface area contributed by atoms with Crippen LogP contribution in [0.5, 0.6) is 0 Å². The maximum Gasteiger partial charge on any atom is 0.262 e. The number of carbonyl (C=O) groups is 4. The molecule has 0 radical (unpaired) electrons. The number of nitrogens with zero attached hydrogens (tertiary/aromatic N) is 1. The number of carbonyl (C=O) groups excluding carboxylic acids is 4. The van der Waals surface area contributed by atoms with Gasteiger partial charge in [-0.15, -0.1) is 0 Å². The number of Topliss-reactive ketones (excluding diaryl/α,β-unsaturated/α-hetero) is 2. The standard InChI is InChI=1S/C19H19NO4/c1-10(2)6-11-4-3-5-13-16(11)18(24)20(17(13)23)19-8-12(9-19)14(21)7-15(19)22/h3-5,10,12H,6-9H2,1-2H3. The molecule has 1 aliphatic heterocycles. The van der Waals surface area contributed by atoms with Crippen molar-refractivity contribution in [2.24, 2.45) is 11.8 Å². The number of amides is 2. The second-order valence-electron chi connectivity index (χ2n) is 7.59. The molecule has 1 heterocycles. The molecule has 0 spiro atoms. The number of imide groups is 1. The van der Waals surface area contributed by atoms with E-state index in [1.54, 1.807) is 12.1 Å². The Hall–Kier alpha value is -2.30. The quantitative estimate of drug-likeness (QED) is 0.631. The highest BCUT2D eigenvalue weighted by molar-refractivity contribution is 6.26. The smallest absolute Gasteiger partial charge is 0.262 e. The summed E-state index contributed by atoms with van der Waals surface area (Å²) in [7, 11) is 0. The molecular weight excluding hydrogens is 306 g/mol. The summed E-state index contributed by atoms with van der Waals surface area (Å²) in [5.74, 6) is -0.918. The van der Waals surface area contributed by atoms with Gasteiger partial charge in [-0.2, -0.15) is 0 Å². The van der Waals surface area contributed by atoms with Crippen LogP contribution in [0, 0.1) is 11.8 Å². The van der Waals surface area contributed by atoms with Crippen LogP contribution in [0.15, 0.2) is 18.2 Å². The summed E-state index contributed by atoms with van der Waals surface area (Å²) in [4.78, 5) is 51.3. The van der Waals surface area contributed by atoms with Gasteiger partial charge in [-0.1, -0.05) is 26.0 Å². The molecule has 0 N–H and O–H groups in total. The van der Waals surface area contributed by atoms with Crippen molar-refractivity contribution in [3.63, 3.8) is 0 Å². The lowest BCUT2D eigenvalue weighted by Crippen LogP contribution is -2.68. The van der Waals surface area contributed by atoms with Crippen molar-refractivity contribution in [3.8, 4) is 0 Å². The number of benzene rings is 1. The summed E-state index contributed by atoms with van der Waals surface area (Å²) in [5, 5.41) is 0. The van der Waals surface area contributed by atoms with Gasteiger partial charge in [0.25, 0.3) is 11.8 Å². The van der Waals surface area contributed by atoms with Crippen molar-refractivity contribution in [2.75, 3.05) is 0 Å². The SMILES string of the molecule is CC(C)Cc1cccc2c1C(=O)N(C13CC(C1)C(=O)CC3=O)C2=O. The largest absolute Gasteiger partial charge is 0.299 e. The third-order valence-corrected chi connectivity index (χ3v) is 5.53. The van der Waals surface area contributed by atoms with E-state index in [-0.39, 0.29) is 35.7 Å². The van der Waals surface area contributed by atoms with E-state index in [4.69, 9.17) is 0 Å². The molecule has 5 rings (SSSR count). The van der Waals surface area contributed by atoms with Crippen LogP contribution in [0.4, 0.5) is 0 Å². The van der Waals surface area contributed by atoms with E-state index in [0.29, 0.717) is 36.3 Å². The van der Waals surface area contributed by atoms with Gasteiger partial charge in [-0.05, 0) is 36.8 Å². The Bertz CT molecular complexity index is 802. The maximum atomic E-state index is 13.0. The van der Waals surface area contributed by atoms with Crippen LogP contribution in [0.3, 0.4) is 0 Å². The zero-order valence-corrected chi connectivity index (χ0v) is 13.8. The number of ketones is 2. The van der Waals surface area contributed by atoms with Crippen molar-refractivity contribution in [2.45, 2.75) is 45.1 Å². The number of hydrogen-bond donors (Lipinski definition) is 0. The zero-order valence-electron chi connectivity index (χ0n) is 13.8. The molecule has 5 nitrogen and oxygen atoms in total. The Morgan fingerprint density at radius 3 is 2.46 bits per heavy atom. The van der Waals surface area contributed by atoms with Gasteiger partial charge < -0.3 is 0 Å². The van der Waals surface area contributed by atoms with Gasteiger partial charge in [0.05, 0.1) is 17.5 Å². The molecule has 0 atom stereocenters. The lowest BCUT2D eigenvalue weighted by molar-refractivity contribution is -0.153. The predicted molar refractivity (Wildman–Crippen MR) is 85.6 cm³/mol. The molecule has 0 aromatic heterocycles. The maximum absolute atomic E-state index is 13.0. The van der Waals surface area contributed by atoms with Gasteiger partial charge in [0, 0.05) is 5.92 Å². The third-order valence-electron chi connectivity index (χ3n) is 5.53. The molecule has 3 fully saturated rings. The summed E-state index contributed by atoms with van der Waals surface area (Å²) < 4.78 is 0. The Morgan fingerprint density at radius 1 is 1.12 bits per heavy atom. The normalized spacial score (nSPS) is 28.5. The molecule has 1 aromatic carbocycles. The van der Waals surface area contributed by atoms with Crippen molar-refractivity contribution in [1.29, 1.82) is 0 Å². The van der Waals surface area contributed by atoms with Gasteiger partial charge in [0.1, 0.15) is 11.3 Å². The van der Waals surface area contributed by atoms with Crippen LogP contribution in [0.2, 0.25) is 0 Å². The van der Waals surface area contributed by atoms with Crippen LogP contribution in [0.25, 0.3) is 0 Å². The molecule has 0 unspecified atom stereocenters. The molecule has 124 valence electrons. The van der Waals surface area contributed by atoms with Crippen LogP contribution in [-0.4, -0.2) is 33.8 Å². The van der Waals surface area contributed by atoms with Gasteiger partial charge in [-0.3, -0.25) is 24.1 Å². The highest BCUT2D eigenvalue weighted by Crippen LogP contribution is 2.51. The zero-order chi connectivity index (χ0) is 17.2. The van der Waals surface area contributed by atoms with E-state index in [2.05, 4.69) is 13.8 Å². The Balaban J connectivity index is 1.76. The van der Waals surface area contributed by atoms with Gasteiger partial charge >= 0.3 is 0 Å². The van der Waals surface area contributed by atoms with Crippen LogP contribution >= 0.6 is 0 Å². The van der Waals surface area contributed by atoms with Crippen molar-refractivity contribution >= 4 is 23.4 Å². The molecule has 3 saturated carbocycles. The third kappa shape index (κ3) is 1.81. The summed E-state index contributed by atoms with van der Waals surface area (Å²) >= 11 is 0. The number of rotatable bonds is 3. The molecule has 2 amide bonds. The Labute approximate surface area is 140 Å². The van der Waals surface area contributed by atoms with Gasteiger partial charge in [-0.25, -0.2) is 0 Å². The summed E-state index contributed by atoms with van der Waals surface area (Å²) in [6.07, 6.45) is 1.15. The topological polar surface area (TPSA) is 71.5 Å². The first-order valence-corrected chi connectivity index (χ1v) is 8.42. The molecule has 0 saturated heterocycles. The second-order valence-corrected chi connectivity index (χ2v) is 7.59. The fourth-order valence-corrected chi connectivity index (χ4v) is 4.34. The van der Waals surface area contributed by atoms with Crippen LogP contribution in [0.1, 0.15) is 59.4 Å². The summed E-state index contributed by atoms with van der Waals surface area (Å²) in [6.45, 7) is 4.12. The monoisotopic (exact) mass is 325 g/mol. The fraction of sp³-hybridized carbons (Fsp3) is 0.474. The van der Waals surface area contributed by atoms with Gasteiger partial charge in [0.15, 0.2) is 5.78 Å². The van der Waals surface area contributed by atoms with E-state index >= 15 is 0 Å². The van der Waals surface area contributed by atoms with Crippen molar-refractivity contribution < 1.29 is 19.2 Å². The highest BCUT2D eigenvalue weighted by atomic mass is 16.2. The van der Waals surface area contributed by atoms with Crippen molar-refractivity contribution in [1.82, 2.24) is 4.90 Å². The molecule has 4 aliphatic rings. The van der Waals surface area contributed by atoms with Crippen LogP contribution < -0.4 is 0 Å². The first kappa shape index (κ1) is 15.2. The molecule has 1 aromatic rings. The lowest BCUT2D eigenvalue weighted by atomic mass is 9.57. The Morgan fingerprint density at radius 2 is 1.83 bits per heavy atom. The van der Waals surface area contributed by atoms with E-state index in [1.807, 2.05) is 6.07 Å². The minimum atomic E-state index is -1.08. The lowest BCUT2D eigenvalue weighted by Gasteiger charge is -2.53. The van der Waals surface area contributed by atoms with E-state index in [9.17, 15) is 19.2 Å². The minimum Gasteiger partial charge on any atom is -0.299 e. The predicted octanol–water partition coefficient (Wildman–Crippen LogP) is 2.17. The molecule has 3 aliphatic carbocycles. The average molecular weight is 325 g/mol. The van der Waals surface area contributed by atoms with E-state index in [1.165, 1.54) is 0 Å². The van der Waals surface area contributed by atoms with Gasteiger partial charge in [0.2, 0.25) is 0 Å². The number of hydrogen-bond acceptors (Lipinski definition) is 4. The fourth-order valence-electron chi connectivity index (χ4n) is 4.34. The second kappa shape index (κ2) is 4.85. The molecule has 24 heavy (non-hydrogen) atoms. The minimum absolute atomic E-state index is 0.0565. The summed E-state index contributed by atoms with van der Waals surface area (Å²) in [6, 6.07) is 5.32. The summed E-state index contributed by atoms with van der Waals surface area (Å²) in [5.41, 5.74) is 0.607. The van der Waals surface area contributed by atoms with Crippen molar-refractivity contribution in [3.05, 3.63) is 34.9 Å². The number of fused-ring (bicyclic) bond motifs is 3. The highest BCUT2D eigenvalue weighted by Gasteiger charge is 2.64. The van der Waals surface area contributed by atoms with E-state index < -0.39 is 5.54 Å². The van der Waals surface area contributed by atoms with Crippen LogP contribution in [-0.2, 0) is 16.0 Å². The molecule has 5 heteroatoms. The Kier molecular flexibility index (Phi) is 3.08. The van der Waals surface area contributed by atoms with E-state index in [0.717, 1.165) is 10.5 Å². The molecular formula is C19H19NO4. The molecule has 2 bridgehead atoms.